The number of rotatable bonds is 4. The van der Waals surface area contributed by atoms with Gasteiger partial charge in [-0.3, -0.25) is 4.79 Å². The van der Waals surface area contributed by atoms with Gasteiger partial charge in [0.15, 0.2) is 8.87 Å². The SMILES string of the molecule is C[C@]12CCC3C(CC[C@@H]4C[C@@](O)(C#CCl)CC[C@H]34)C1CC[C@@H]2C(=O)CSS(C)(=O)=O. The topological polar surface area (TPSA) is 71.4 Å². The Balaban J connectivity index is 1.46. The van der Waals surface area contributed by atoms with Crippen LogP contribution in [0.2, 0.25) is 0 Å². The second-order valence-electron chi connectivity index (χ2n) is 10.5. The summed E-state index contributed by atoms with van der Waals surface area (Å²) in [5, 5.41) is 13.2. The van der Waals surface area contributed by atoms with E-state index in [1.54, 1.807) is 0 Å². The number of Topliss-reactive ketones (excluding diaryl/α,β-unsaturated/α-hetero) is 1. The number of carbonyl (C=O) groups excluding carboxylic acids is 1. The molecular weight excluding hydrogens is 440 g/mol. The summed E-state index contributed by atoms with van der Waals surface area (Å²) in [6.07, 6.45) is 10.2. The number of fused-ring (bicyclic) bond motifs is 5. The molecule has 4 aliphatic carbocycles. The lowest BCUT2D eigenvalue weighted by Crippen LogP contribution is -2.51. The van der Waals surface area contributed by atoms with E-state index in [2.05, 4.69) is 18.2 Å². The van der Waals surface area contributed by atoms with E-state index in [1.807, 2.05) is 0 Å². The zero-order chi connectivity index (χ0) is 21.7. The van der Waals surface area contributed by atoms with E-state index >= 15 is 0 Å². The van der Waals surface area contributed by atoms with Crippen molar-refractivity contribution in [2.45, 2.75) is 70.3 Å². The minimum absolute atomic E-state index is 0.00543. The summed E-state index contributed by atoms with van der Waals surface area (Å²) in [4.78, 5) is 12.9. The van der Waals surface area contributed by atoms with Gasteiger partial charge < -0.3 is 5.11 Å². The molecule has 30 heavy (non-hydrogen) atoms. The second-order valence-corrected chi connectivity index (χ2v) is 15.2. The zero-order valence-electron chi connectivity index (χ0n) is 17.9. The summed E-state index contributed by atoms with van der Waals surface area (Å²) in [5.74, 6) is 6.16. The van der Waals surface area contributed by atoms with Crippen molar-refractivity contribution in [3.63, 3.8) is 0 Å². The number of ketones is 1. The summed E-state index contributed by atoms with van der Waals surface area (Å²) in [6.45, 7) is 2.30. The second kappa shape index (κ2) is 8.28. The molecule has 4 rings (SSSR count). The van der Waals surface area contributed by atoms with Gasteiger partial charge in [0, 0.05) is 17.6 Å². The molecule has 0 bridgehead atoms. The summed E-state index contributed by atoms with van der Waals surface area (Å²) >= 11 is 5.59. The molecule has 0 heterocycles. The highest BCUT2D eigenvalue weighted by Crippen LogP contribution is 2.64. The van der Waals surface area contributed by atoms with Gasteiger partial charge in [0.25, 0.3) is 0 Å². The first-order chi connectivity index (χ1) is 14.1. The lowest BCUT2D eigenvalue weighted by molar-refractivity contribution is -0.129. The number of hydrogen-bond acceptors (Lipinski definition) is 5. The average molecular weight is 473 g/mol. The maximum Gasteiger partial charge on any atom is 0.199 e. The summed E-state index contributed by atoms with van der Waals surface area (Å²) < 4.78 is 23.0. The van der Waals surface area contributed by atoms with E-state index in [1.165, 1.54) is 12.7 Å². The van der Waals surface area contributed by atoms with Gasteiger partial charge in [-0.2, -0.15) is 0 Å². The van der Waals surface area contributed by atoms with Gasteiger partial charge >= 0.3 is 0 Å². The van der Waals surface area contributed by atoms with E-state index in [-0.39, 0.29) is 22.9 Å². The van der Waals surface area contributed by atoms with Crippen molar-refractivity contribution < 1.29 is 18.3 Å². The Morgan fingerprint density at radius 3 is 2.53 bits per heavy atom. The normalized spacial score (nSPS) is 45.5. The van der Waals surface area contributed by atoms with Gasteiger partial charge in [-0.15, -0.1) is 0 Å². The molecular formula is C23H33ClO4S2. The monoisotopic (exact) mass is 472 g/mol. The molecule has 7 heteroatoms. The van der Waals surface area contributed by atoms with Crippen LogP contribution in [0.1, 0.15) is 64.7 Å². The van der Waals surface area contributed by atoms with Crippen LogP contribution in [-0.4, -0.2) is 36.9 Å². The third-order valence-corrected chi connectivity index (χ3v) is 11.7. The fourth-order valence-electron chi connectivity index (χ4n) is 7.87. The Kier molecular flexibility index (Phi) is 6.34. The Labute approximate surface area is 189 Å². The maximum absolute atomic E-state index is 12.9. The molecule has 4 fully saturated rings. The fraction of sp³-hybridized carbons (Fsp3) is 0.870. The molecule has 0 aromatic carbocycles. The number of hydrogen-bond donors (Lipinski definition) is 1. The van der Waals surface area contributed by atoms with E-state index in [4.69, 9.17) is 11.6 Å². The summed E-state index contributed by atoms with van der Waals surface area (Å²) in [5.41, 5.74) is -0.899. The van der Waals surface area contributed by atoms with E-state index < -0.39 is 14.5 Å². The van der Waals surface area contributed by atoms with Crippen molar-refractivity contribution in [2.24, 2.45) is 40.9 Å². The van der Waals surface area contributed by atoms with Gasteiger partial charge in [0.05, 0.1) is 5.75 Å². The smallest absolute Gasteiger partial charge is 0.199 e. The standard InChI is InChI=1S/C23H33ClO4S2/c1-22-9-7-17-16-8-10-23(26,11-12-24)13-15(16)3-4-18(17)19(22)5-6-20(22)21(25)14-29-30(2,27)28/h15-20,26H,3-10,13-14H2,1-2H3/t15-,16+,17?,18?,19?,20-,22+,23+/m1/s1. The third-order valence-electron chi connectivity index (χ3n) is 9.09. The Morgan fingerprint density at radius 1 is 1.10 bits per heavy atom. The van der Waals surface area contributed by atoms with Crippen LogP contribution in [0.15, 0.2) is 0 Å². The molecule has 0 aromatic heterocycles. The quantitative estimate of drug-likeness (QED) is 0.483. The van der Waals surface area contributed by atoms with Crippen molar-refractivity contribution in [1.29, 1.82) is 0 Å². The molecule has 4 nitrogen and oxygen atoms in total. The minimum Gasteiger partial charge on any atom is -0.378 e. The number of halogens is 1. The van der Waals surface area contributed by atoms with Gasteiger partial charge in [0.2, 0.25) is 0 Å². The molecule has 4 saturated carbocycles. The van der Waals surface area contributed by atoms with E-state index in [0.717, 1.165) is 55.7 Å². The van der Waals surface area contributed by atoms with Crippen LogP contribution in [-0.2, 0) is 13.7 Å². The predicted molar refractivity (Wildman–Crippen MR) is 121 cm³/mol. The average Bonchev–Trinajstić information content (AvgIpc) is 3.02. The van der Waals surface area contributed by atoms with Crippen LogP contribution in [0, 0.1) is 52.2 Å². The van der Waals surface area contributed by atoms with Crippen molar-refractivity contribution >= 4 is 37.0 Å². The predicted octanol–water partition coefficient (Wildman–Crippen LogP) is 4.45. The van der Waals surface area contributed by atoms with Crippen molar-refractivity contribution in [2.75, 3.05) is 12.0 Å². The van der Waals surface area contributed by atoms with E-state index in [0.29, 0.717) is 36.0 Å². The fourth-order valence-corrected chi connectivity index (χ4v) is 9.57. The van der Waals surface area contributed by atoms with Gasteiger partial charge in [-0.1, -0.05) is 12.8 Å². The van der Waals surface area contributed by atoms with Gasteiger partial charge in [-0.25, -0.2) is 8.42 Å². The molecule has 4 aliphatic rings. The lowest BCUT2D eigenvalue weighted by atomic mass is 9.49. The highest BCUT2D eigenvalue weighted by atomic mass is 35.5. The maximum atomic E-state index is 12.9. The lowest BCUT2D eigenvalue weighted by Gasteiger charge is -2.56. The molecule has 3 unspecified atom stereocenters. The first-order valence-electron chi connectivity index (χ1n) is 11.3. The molecule has 1 N–H and O–H groups in total. The van der Waals surface area contributed by atoms with Gasteiger partial charge in [-0.05, 0) is 115 Å². The molecule has 0 aromatic rings. The Morgan fingerprint density at radius 2 is 1.83 bits per heavy atom. The molecule has 168 valence electrons. The molecule has 8 atom stereocenters. The molecule has 0 saturated heterocycles. The first-order valence-corrected chi connectivity index (χ1v) is 15.1. The highest BCUT2D eigenvalue weighted by Gasteiger charge is 2.58. The molecule has 0 aliphatic heterocycles. The first kappa shape index (κ1) is 23.0. The van der Waals surface area contributed by atoms with Crippen molar-refractivity contribution in [3.8, 4) is 11.3 Å². The van der Waals surface area contributed by atoms with Crippen molar-refractivity contribution in [3.05, 3.63) is 0 Å². The summed E-state index contributed by atoms with van der Waals surface area (Å²) in [7, 11) is -2.40. The third kappa shape index (κ3) is 4.21. The Bertz CT molecular complexity index is 862. The molecule has 0 radical (unpaired) electrons. The van der Waals surface area contributed by atoms with Crippen LogP contribution in [0.5, 0.6) is 0 Å². The summed E-state index contributed by atoms with van der Waals surface area (Å²) in [6, 6.07) is 0. The minimum atomic E-state index is -3.19. The van der Waals surface area contributed by atoms with E-state index in [9.17, 15) is 18.3 Å². The molecule has 0 spiro atoms. The Hall–Kier alpha value is -0.220. The van der Waals surface area contributed by atoms with Crippen LogP contribution < -0.4 is 0 Å². The van der Waals surface area contributed by atoms with Gasteiger partial charge in [0.1, 0.15) is 11.4 Å². The highest BCUT2D eigenvalue weighted by molar-refractivity contribution is 8.72. The largest absolute Gasteiger partial charge is 0.378 e. The molecule has 0 amide bonds. The van der Waals surface area contributed by atoms with Crippen molar-refractivity contribution in [1.82, 2.24) is 0 Å². The van der Waals surface area contributed by atoms with Crippen LogP contribution in [0.25, 0.3) is 0 Å². The van der Waals surface area contributed by atoms with Crippen LogP contribution in [0.4, 0.5) is 0 Å². The van der Waals surface area contributed by atoms with Crippen LogP contribution in [0.3, 0.4) is 0 Å². The number of aliphatic hydroxyl groups is 1. The van der Waals surface area contributed by atoms with Crippen LogP contribution >= 0.6 is 22.4 Å². The number of carbonyl (C=O) groups is 1. The zero-order valence-corrected chi connectivity index (χ0v) is 20.3.